The number of rotatable bonds is 5. The standard InChI is InChI=1S/C11H11BrClNO4/c12-7-5-6(1-2-8(7)13)10(16)14-9(3-4-15)11(17)18/h1-2,5,9,15H,3-4H2,(H,14,16)(H,17,18)/t9-/m0/s1. The molecule has 1 rings (SSSR count). The minimum atomic E-state index is -1.19. The van der Waals surface area contributed by atoms with E-state index in [0.717, 1.165) is 0 Å². The molecular weight excluding hydrogens is 325 g/mol. The number of benzene rings is 1. The SMILES string of the molecule is O=C(N[C@@H](CCO)C(=O)O)c1ccc(Cl)c(Br)c1. The van der Waals surface area contributed by atoms with Crippen LogP contribution in [0.15, 0.2) is 22.7 Å². The van der Waals surface area contributed by atoms with E-state index >= 15 is 0 Å². The molecule has 1 aromatic carbocycles. The average Bonchev–Trinajstić information content (AvgIpc) is 2.31. The van der Waals surface area contributed by atoms with Crippen LogP contribution < -0.4 is 5.32 Å². The van der Waals surface area contributed by atoms with Gasteiger partial charge in [-0.15, -0.1) is 0 Å². The first-order valence-electron chi connectivity index (χ1n) is 5.05. The fourth-order valence-corrected chi connectivity index (χ4v) is 1.76. The molecule has 7 heteroatoms. The van der Waals surface area contributed by atoms with Gasteiger partial charge in [0.15, 0.2) is 0 Å². The maximum Gasteiger partial charge on any atom is 0.326 e. The number of aliphatic carboxylic acids is 1. The summed E-state index contributed by atoms with van der Waals surface area (Å²) >= 11 is 8.96. The molecule has 0 aliphatic rings. The van der Waals surface area contributed by atoms with Crippen molar-refractivity contribution >= 4 is 39.4 Å². The number of hydrogen-bond acceptors (Lipinski definition) is 3. The lowest BCUT2D eigenvalue weighted by atomic mass is 10.1. The third-order valence-electron chi connectivity index (χ3n) is 2.20. The summed E-state index contributed by atoms with van der Waals surface area (Å²) in [5, 5.41) is 20.3. The number of aliphatic hydroxyl groups is 1. The predicted molar refractivity (Wildman–Crippen MR) is 69.7 cm³/mol. The second kappa shape index (κ2) is 6.72. The maximum atomic E-state index is 11.8. The first-order valence-corrected chi connectivity index (χ1v) is 6.22. The van der Waals surface area contributed by atoms with Crippen molar-refractivity contribution in [2.75, 3.05) is 6.61 Å². The van der Waals surface area contributed by atoms with Crippen molar-refractivity contribution in [2.24, 2.45) is 0 Å². The summed E-state index contributed by atoms with van der Waals surface area (Å²) in [6.45, 7) is -0.318. The van der Waals surface area contributed by atoms with E-state index in [1.165, 1.54) is 18.2 Å². The van der Waals surface area contributed by atoms with E-state index in [-0.39, 0.29) is 18.6 Å². The number of carboxylic acid groups (broad SMARTS) is 1. The van der Waals surface area contributed by atoms with Gasteiger partial charge in [-0.05, 0) is 34.1 Å². The van der Waals surface area contributed by atoms with Crippen LogP contribution in [0.4, 0.5) is 0 Å². The molecule has 0 fully saturated rings. The van der Waals surface area contributed by atoms with Crippen molar-refractivity contribution in [1.29, 1.82) is 0 Å². The van der Waals surface area contributed by atoms with E-state index in [1.807, 2.05) is 0 Å². The minimum absolute atomic E-state index is 0.0458. The Hall–Kier alpha value is -1.11. The molecule has 1 atom stereocenters. The van der Waals surface area contributed by atoms with Crippen LogP contribution in [0.3, 0.4) is 0 Å². The molecule has 1 amide bonds. The number of aliphatic hydroxyl groups excluding tert-OH is 1. The van der Waals surface area contributed by atoms with Gasteiger partial charge in [-0.1, -0.05) is 11.6 Å². The molecule has 0 unspecified atom stereocenters. The van der Waals surface area contributed by atoms with Crippen LogP contribution in [0.25, 0.3) is 0 Å². The zero-order valence-electron chi connectivity index (χ0n) is 9.19. The molecule has 0 spiro atoms. The van der Waals surface area contributed by atoms with Crippen LogP contribution in [0, 0.1) is 0 Å². The van der Waals surface area contributed by atoms with Gasteiger partial charge in [-0.2, -0.15) is 0 Å². The van der Waals surface area contributed by atoms with E-state index in [4.69, 9.17) is 21.8 Å². The monoisotopic (exact) mass is 335 g/mol. The quantitative estimate of drug-likeness (QED) is 0.763. The third-order valence-corrected chi connectivity index (χ3v) is 3.42. The number of nitrogens with one attached hydrogen (secondary N) is 1. The lowest BCUT2D eigenvalue weighted by Gasteiger charge is -2.13. The Morgan fingerprint density at radius 3 is 2.61 bits per heavy atom. The smallest absolute Gasteiger partial charge is 0.326 e. The Morgan fingerprint density at radius 2 is 2.11 bits per heavy atom. The van der Waals surface area contributed by atoms with Crippen LogP contribution in [-0.2, 0) is 4.79 Å². The van der Waals surface area contributed by atoms with E-state index < -0.39 is 17.9 Å². The van der Waals surface area contributed by atoms with E-state index in [0.29, 0.717) is 9.50 Å². The van der Waals surface area contributed by atoms with Crippen LogP contribution >= 0.6 is 27.5 Å². The normalized spacial score (nSPS) is 11.9. The number of halogens is 2. The molecule has 0 saturated heterocycles. The second-order valence-corrected chi connectivity index (χ2v) is 4.77. The summed E-state index contributed by atoms with van der Waals surface area (Å²) in [5.41, 5.74) is 0.287. The highest BCUT2D eigenvalue weighted by Crippen LogP contribution is 2.23. The molecular formula is C11H11BrClNO4. The first-order chi connectivity index (χ1) is 8.45. The highest BCUT2D eigenvalue weighted by Gasteiger charge is 2.20. The minimum Gasteiger partial charge on any atom is -0.480 e. The molecule has 0 saturated carbocycles. The average molecular weight is 337 g/mol. The topological polar surface area (TPSA) is 86.6 Å². The fraction of sp³-hybridized carbons (Fsp3) is 0.273. The van der Waals surface area contributed by atoms with Gasteiger partial charge < -0.3 is 15.5 Å². The van der Waals surface area contributed by atoms with E-state index in [1.54, 1.807) is 0 Å². The highest BCUT2D eigenvalue weighted by atomic mass is 79.9. The summed E-state index contributed by atoms with van der Waals surface area (Å²) in [7, 11) is 0. The summed E-state index contributed by atoms with van der Waals surface area (Å²) < 4.78 is 0.547. The predicted octanol–water partition coefficient (Wildman–Crippen LogP) is 1.67. The van der Waals surface area contributed by atoms with Crippen molar-refractivity contribution in [1.82, 2.24) is 5.32 Å². The number of carboxylic acids is 1. The molecule has 0 aliphatic heterocycles. The highest BCUT2D eigenvalue weighted by molar-refractivity contribution is 9.10. The molecule has 5 nitrogen and oxygen atoms in total. The maximum absolute atomic E-state index is 11.8. The number of carbonyl (C=O) groups is 2. The molecule has 98 valence electrons. The van der Waals surface area contributed by atoms with Gasteiger partial charge in [0.05, 0.1) is 5.02 Å². The summed E-state index contributed by atoms with van der Waals surface area (Å²) in [6, 6.07) is 3.40. The van der Waals surface area contributed by atoms with Gasteiger partial charge in [0.2, 0.25) is 0 Å². The van der Waals surface area contributed by atoms with Crippen molar-refractivity contribution in [3.8, 4) is 0 Å². The number of amides is 1. The molecule has 0 aliphatic carbocycles. The largest absolute Gasteiger partial charge is 0.480 e. The fourth-order valence-electron chi connectivity index (χ4n) is 1.27. The molecule has 3 N–H and O–H groups in total. The zero-order valence-corrected chi connectivity index (χ0v) is 11.5. The number of hydrogen-bond donors (Lipinski definition) is 3. The van der Waals surface area contributed by atoms with Gasteiger partial charge in [0.1, 0.15) is 6.04 Å². The second-order valence-electron chi connectivity index (χ2n) is 3.51. The van der Waals surface area contributed by atoms with E-state index in [9.17, 15) is 9.59 Å². The van der Waals surface area contributed by atoms with Crippen LogP contribution in [0.2, 0.25) is 5.02 Å². The molecule has 0 bridgehead atoms. The van der Waals surface area contributed by atoms with Crippen LogP contribution in [0.5, 0.6) is 0 Å². The molecule has 0 heterocycles. The van der Waals surface area contributed by atoms with E-state index in [2.05, 4.69) is 21.2 Å². The van der Waals surface area contributed by atoms with Crippen LogP contribution in [-0.4, -0.2) is 34.7 Å². The lowest BCUT2D eigenvalue weighted by molar-refractivity contribution is -0.139. The molecule has 18 heavy (non-hydrogen) atoms. The third kappa shape index (κ3) is 3.97. The van der Waals surface area contributed by atoms with Crippen molar-refractivity contribution < 1.29 is 19.8 Å². The van der Waals surface area contributed by atoms with Crippen molar-refractivity contribution in [2.45, 2.75) is 12.5 Å². The number of carbonyl (C=O) groups excluding carboxylic acids is 1. The Kier molecular flexibility index (Phi) is 5.58. The van der Waals surface area contributed by atoms with Gasteiger partial charge in [0.25, 0.3) is 5.91 Å². The summed E-state index contributed by atoms with van der Waals surface area (Å²) in [6.07, 6.45) is -0.0458. The zero-order chi connectivity index (χ0) is 13.7. The first kappa shape index (κ1) is 14.9. The Balaban J connectivity index is 2.80. The molecule has 0 aromatic heterocycles. The summed E-state index contributed by atoms with van der Waals surface area (Å²) in [4.78, 5) is 22.6. The van der Waals surface area contributed by atoms with Gasteiger partial charge >= 0.3 is 5.97 Å². The summed E-state index contributed by atoms with van der Waals surface area (Å²) in [5.74, 6) is -1.72. The van der Waals surface area contributed by atoms with Crippen LogP contribution in [0.1, 0.15) is 16.8 Å². The molecule has 1 aromatic rings. The lowest BCUT2D eigenvalue weighted by Crippen LogP contribution is -2.41. The Bertz CT molecular complexity index is 466. The Morgan fingerprint density at radius 1 is 1.44 bits per heavy atom. The van der Waals surface area contributed by atoms with Gasteiger partial charge in [0, 0.05) is 23.1 Å². The molecule has 0 radical (unpaired) electrons. The van der Waals surface area contributed by atoms with Gasteiger partial charge in [-0.3, -0.25) is 4.79 Å². The van der Waals surface area contributed by atoms with Crippen molar-refractivity contribution in [3.05, 3.63) is 33.3 Å². The van der Waals surface area contributed by atoms with Gasteiger partial charge in [-0.25, -0.2) is 4.79 Å². The van der Waals surface area contributed by atoms with Crippen molar-refractivity contribution in [3.63, 3.8) is 0 Å². The Labute approximate surface area is 117 Å².